The third-order valence-corrected chi connectivity index (χ3v) is 4.04. The molecule has 0 aromatic heterocycles. The zero-order chi connectivity index (χ0) is 16.8. The van der Waals surface area contributed by atoms with E-state index >= 15 is 0 Å². The summed E-state index contributed by atoms with van der Waals surface area (Å²) in [6, 6.07) is 12.5. The van der Waals surface area contributed by atoms with Crippen LogP contribution in [0.25, 0.3) is 0 Å². The van der Waals surface area contributed by atoms with Crippen LogP contribution in [0.3, 0.4) is 0 Å². The normalized spacial score (nSPS) is 10.0. The minimum absolute atomic E-state index is 0.148. The fraction of sp³-hybridized carbons (Fsp3) is 0.176. The van der Waals surface area contributed by atoms with Crippen molar-refractivity contribution in [2.75, 3.05) is 23.9 Å². The summed E-state index contributed by atoms with van der Waals surface area (Å²) in [6.07, 6.45) is 1.98. The van der Waals surface area contributed by atoms with Gasteiger partial charge >= 0.3 is 6.03 Å². The van der Waals surface area contributed by atoms with Crippen LogP contribution >= 0.6 is 11.8 Å². The van der Waals surface area contributed by atoms with Gasteiger partial charge in [-0.15, -0.1) is 11.8 Å². The third kappa shape index (κ3) is 4.50. The summed E-state index contributed by atoms with van der Waals surface area (Å²) in [6.45, 7) is 1.91. The molecule has 3 N–H and O–H groups in total. The smallest absolute Gasteiger partial charge is 0.318 e. The maximum absolute atomic E-state index is 12.4. The van der Waals surface area contributed by atoms with Crippen LogP contribution in [0.2, 0.25) is 0 Å². The van der Waals surface area contributed by atoms with Gasteiger partial charge in [0.25, 0.3) is 5.91 Å². The molecule has 5 nitrogen and oxygen atoms in total. The molecule has 0 heterocycles. The maximum Gasteiger partial charge on any atom is 0.318 e. The Morgan fingerprint density at radius 2 is 1.57 bits per heavy atom. The summed E-state index contributed by atoms with van der Waals surface area (Å²) >= 11 is 1.60. The highest BCUT2D eigenvalue weighted by Crippen LogP contribution is 2.21. The standard InChI is InChI=1S/C17H19N3O2S/c1-11-4-9-14(23-3)10-15(11)16(21)19-12-5-7-13(8-6-12)20-17(22)18-2/h4-10H,1-3H3,(H,19,21)(H2,18,20,22). The van der Waals surface area contributed by atoms with Gasteiger partial charge in [-0.1, -0.05) is 6.07 Å². The number of rotatable bonds is 4. The Morgan fingerprint density at radius 1 is 0.957 bits per heavy atom. The lowest BCUT2D eigenvalue weighted by molar-refractivity contribution is 0.102. The highest BCUT2D eigenvalue weighted by Gasteiger charge is 2.10. The van der Waals surface area contributed by atoms with Crippen LogP contribution in [-0.4, -0.2) is 25.2 Å². The van der Waals surface area contributed by atoms with Gasteiger partial charge in [-0.2, -0.15) is 0 Å². The molecule has 0 aliphatic heterocycles. The van der Waals surface area contributed by atoms with Crippen molar-refractivity contribution in [3.63, 3.8) is 0 Å². The molecule has 3 amide bonds. The second kappa shape index (κ2) is 7.69. The van der Waals surface area contributed by atoms with Gasteiger partial charge in [0.15, 0.2) is 0 Å². The summed E-state index contributed by atoms with van der Waals surface area (Å²) < 4.78 is 0. The number of hydrogen-bond donors (Lipinski definition) is 3. The van der Waals surface area contributed by atoms with Crippen molar-refractivity contribution < 1.29 is 9.59 Å². The Labute approximate surface area is 139 Å². The van der Waals surface area contributed by atoms with Crippen molar-refractivity contribution in [3.8, 4) is 0 Å². The Kier molecular flexibility index (Phi) is 5.65. The van der Waals surface area contributed by atoms with E-state index < -0.39 is 0 Å². The van der Waals surface area contributed by atoms with E-state index in [9.17, 15) is 9.59 Å². The van der Waals surface area contributed by atoms with E-state index in [4.69, 9.17) is 0 Å². The van der Waals surface area contributed by atoms with Crippen molar-refractivity contribution in [2.24, 2.45) is 0 Å². The molecule has 0 atom stereocenters. The van der Waals surface area contributed by atoms with Crippen LogP contribution in [0.5, 0.6) is 0 Å². The Hall–Kier alpha value is -2.47. The minimum atomic E-state index is -0.286. The van der Waals surface area contributed by atoms with Crippen molar-refractivity contribution in [2.45, 2.75) is 11.8 Å². The molecule has 0 saturated heterocycles. The van der Waals surface area contributed by atoms with Gasteiger partial charge < -0.3 is 16.0 Å². The zero-order valence-corrected chi connectivity index (χ0v) is 14.1. The van der Waals surface area contributed by atoms with Crippen molar-refractivity contribution in [1.82, 2.24) is 5.32 Å². The topological polar surface area (TPSA) is 70.2 Å². The number of hydrogen-bond acceptors (Lipinski definition) is 3. The molecule has 0 saturated carbocycles. The van der Waals surface area contributed by atoms with Crippen molar-refractivity contribution in [3.05, 3.63) is 53.6 Å². The quantitative estimate of drug-likeness (QED) is 0.749. The van der Waals surface area contributed by atoms with Crippen LogP contribution in [0, 0.1) is 6.92 Å². The molecule has 0 radical (unpaired) electrons. The molecule has 23 heavy (non-hydrogen) atoms. The number of nitrogens with one attached hydrogen (secondary N) is 3. The minimum Gasteiger partial charge on any atom is -0.341 e. The summed E-state index contributed by atoms with van der Waals surface area (Å²) in [7, 11) is 1.55. The van der Waals surface area contributed by atoms with Gasteiger partial charge in [-0.05, 0) is 55.1 Å². The van der Waals surface area contributed by atoms with E-state index in [2.05, 4.69) is 16.0 Å². The molecule has 2 aromatic rings. The van der Waals surface area contributed by atoms with Crippen LogP contribution in [0.4, 0.5) is 16.2 Å². The van der Waals surface area contributed by atoms with E-state index in [1.807, 2.05) is 31.4 Å². The number of thioether (sulfide) groups is 1. The maximum atomic E-state index is 12.4. The summed E-state index contributed by atoms with van der Waals surface area (Å²) in [4.78, 5) is 24.7. The molecule has 0 unspecified atom stereocenters. The Morgan fingerprint density at radius 3 is 2.13 bits per heavy atom. The monoisotopic (exact) mass is 329 g/mol. The van der Waals surface area contributed by atoms with E-state index in [-0.39, 0.29) is 11.9 Å². The molecule has 6 heteroatoms. The molecule has 0 aliphatic rings. The summed E-state index contributed by atoms with van der Waals surface area (Å²) in [5.41, 5.74) is 2.91. The van der Waals surface area contributed by atoms with E-state index in [1.54, 1.807) is 43.1 Å². The summed E-state index contributed by atoms with van der Waals surface area (Å²) in [5.74, 6) is -0.148. The molecule has 0 aliphatic carbocycles. The molecule has 2 aromatic carbocycles. The van der Waals surface area contributed by atoms with Gasteiger partial charge in [0.05, 0.1) is 0 Å². The zero-order valence-electron chi connectivity index (χ0n) is 13.3. The largest absolute Gasteiger partial charge is 0.341 e. The molecule has 0 fully saturated rings. The average Bonchev–Trinajstić information content (AvgIpc) is 2.56. The average molecular weight is 329 g/mol. The lowest BCUT2D eigenvalue weighted by Crippen LogP contribution is -2.24. The molecule has 2 rings (SSSR count). The number of carbonyl (C=O) groups excluding carboxylic acids is 2. The van der Waals surface area contributed by atoms with Crippen molar-refractivity contribution >= 4 is 35.1 Å². The first-order chi connectivity index (χ1) is 11.0. The van der Waals surface area contributed by atoms with Gasteiger partial charge in [0.1, 0.15) is 0 Å². The number of anilines is 2. The molecular weight excluding hydrogens is 310 g/mol. The molecule has 0 spiro atoms. The first kappa shape index (κ1) is 16.9. The molecule has 0 bridgehead atoms. The predicted octanol–water partition coefficient (Wildman–Crippen LogP) is 3.72. The summed E-state index contributed by atoms with van der Waals surface area (Å²) in [5, 5.41) is 8.01. The second-order valence-corrected chi connectivity index (χ2v) is 5.80. The van der Waals surface area contributed by atoms with Gasteiger partial charge in [0.2, 0.25) is 0 Å². The Balaban J connectivity index is 2.10. The number of carbonyl (C=O) groups is 2. The Bertz CT molecular complexity index is 714. The van der Waals surface area contributed by atoms with Crippen LogP contribution in [0.1, 0.15) is 15.9 Å². The second-order valence-electron chi connectivity index (χ2n) is 4.92. The van der Waals surface area contributed by atoms with Crippen LogP contribution in [0.15, 0.2) is 47.4 Å². The van der Waals surface area contributed by atoms with Crippen molar-refractivity contribution in [1.29, 1.82) is 0 Å². The third-order valence-electron chi connectivity index (χ3n) is 3.32. The van der Waals surface area contributed by atoms with E-state index in [0.29, 0.717) is 16.9 Å². The SMILES string of the molecule is CNC(=O)Nc1ccc(NC(=O)c2cc(SC)ccc2C)cc1. The van der Waals surface area contributed by atoms with Gasteiger partial charge in [-0.3, -0.25) is 4.79 Å². The van der Waals surface area contributed by atoms with Crippen LogP contribution in [-0.2, 0) is 0 Å². The predicted molar refractivity (Wildman–Crippen MR) is 95.4 cm³/mol. The van der Waals surface area contributed by atoms with Gasteiger partial charge in [-0.25, -0.2) is 4.79 Å². The highest BCUT2D eigenvalue weighted by atomic mass is 32.2. The number of benzene rings is 2. The first-order valence-corrected chi connectivity index (χ1v) is 8.30. The lowest BCUT2D eigenvalue weighted by atomic mass is 10.1. The fourth-order valence-corrected chi connectivity index (χ4v) is 2.44. The van der Waals surface area contributed by atoms with E-state index in [1.165, 1.54) is 0 Å². The highest BCUT2D eigenvalue weighted by molar-refractivity contribution is 7.98. The van der Waals surface area contributed by atoms with Gasteiger partial charge in [0, 0.05) is 28.9 Å². The van der Waals surface area contributed by atoms with E-state index in [0.717, 1.165) is 10.5 Å². The molecular formula is C17H19N3O2S. The number of urea groups is 1. The number of amides is 3. The fourth-order valence-electron chi connectivity index (χ4n) is 2.00. The lowest BCUT2D eigenvalue weighted by Gasteiger charge is -2.10. The first-order valence-electron chi connectivity index (χ1n) is 7.08. The number of aryl methyl sites for hydroxylation is 1. The van der Waals surface area contributed by atoms with Crippen LogP contribution < -0.4 is 16.0 Å². The molecule has 120 valence electrons.